The fourth-order valence-corrected chi connectivity index (χ4v) is 4.02. The molecule has 2 aromatic rings. The first-order valence-corrected chi connectivity index (χ1v) is 9.54. The summed E-state index contributed by atoms with van der Waals surface area (Å²) in [5.74, 6) is -1.50. The van der Waals surface area contributed by atoms with Crippen LogP contribution in [0.2, 0.25) is 0 Å². The molecule has 138 valence electrons. The van der Waals surface area contributed by atoms with Gasteiger partial charge in [-0.15, -0.1) is 0 Å². The summed E-state index contributed by atoms with van der Waals surface area (Å²) in [7, 11) is -2.52. The maximum absolute atomic E-state index is 13.8. The number of nitrogens with zero attached hydrogens (tertiary/aromatic N) is 2. The van der Waals surface area contributed by atoms with Crippen molar-refractivity contribution in [2.45, 2.75) is 24.3 Å². The Morgan fingerprint density at radius 2 is 1.81 bits per heavy atom. The summed E-state index contributed by atoms with van der Waals surface area (Å²) < 4.78 is 53.1. The number of carbonyl (C=O) groups is 1. The van der Waals surface area contributed by atoms with E-state index in [2.05, 4.69) is 0 Å². The maximum Gasteiger partial charge on any atom is 0.243 e. The maximum atomic E-state index is 13.8. The first-order chi connectivity index (χ1) is 12.3. The molecule has 0 aliphatic carbocycles. The Hall–Kier alpha value is -2.32. The lowest BCUT2D eigenvalue weighted by Gasteiger charge is -2.19. The molecular weight excluding hydrogens is 362 g/mol. The van der Waals surface area contributed by atoms with Gasteiger partial charge in [-0.1, -0.05) is 6.07 Å². The highest BCUT2D eigenvalue weighted by Crippen LogP contribution is 2.25. The molecule has 5 nitrogen and oxygen atoms in total. The van der Waals surface area contributed by atoms with Crippen LogP contribution in [0.25, 0.3) is 0 Å². The molecule has 0 radical (unpaired) electrons. The smallest absolute Gasteiger partial charge is 0.243 e. The van der Waals surface area contributed by atoms with Gasteiger partial charge in [-0.2, -0.15) is 4.31 Å². The quantitative estimate of drug-likeness (QED) is 0.801. The van der Waals surface area contributed by atoms with E-state index >= 15 is 0 Å². The number of carbonyl (C=O) groups excluding carboxylic acids is 1. The number of halogens is 2. The summed E-state index contributed by atoms with van der Waals surface area (Å²) in [5, 5.41) is 0. The fraction of sp³-hybridized carbons (Fsp3) is 0.278. The second kappa shape index (κ2) is 7.13. The molecule has 0 bridgehead atoms. The van der Waals surface area contributed by atoms with Crippen LogP contribution in [0.15, 0.2) is 47.4 Å². The minimum atomic E-state index is -3.85. The summed E-state index contributed by atoms with van der Waals surface area (Å²) in [4.78, 5) is 13.4. The molecule has 0 aromatic heterocycles. The Morgan fingerprint density at radius 3 is 2.38 bits per heavy atom. The molecule has 0 atom stereocenters. The molecule has 3 rings (SSSR count). The van der Waals surface area contributed by atoms with Crippen molar-refractivity contribution in [2.24, 2.45) is 0 Å². The van der Waals surface area contributed by atoms with Crippen LogP contribution in [0, 0.1) is 11.6 Å². The van der Waals surface area contributed by atoms with Crippen molar-refractivity contribution < 1.29 is 22.0 Å². The van der Waals surface area contributed by atoms with Crippen molar-refractivity contribution in [2.75, 3.05) is 18.5 Å². The zero-order valence-corrected chi connectivity index (χ0v) is 15.0. The van der Waals surface area contributed by atoms with Crippen LogP contribution < -0.4 is 4.90 Å². The van der Waals surface area contributed by atoms with E-state index in [0.29, 0.717) is 18.7 Å². The van der Waals surface area contributed by atoms with E-state index in [-0.39, 0.29) is 22.9 Å². The summed E-state index contributed by atoms with van der Waals surface area (Å²) in [6.07, 6.45) is 1.27. The van der Waals surface area contributed by atoms with E-state index in [9.17, 15) is 22.0 Å². The van der Waals surface area contributed by atoms with Gasteiger partial charge in [0.15, 0.2) is 0 Å². The third-order valence-corrected chi connectivity index (χ3v) is 6.16. The molecule has 1 fully saturated rings. The predicted octanol–water partition coefficient (Wildman–Crippen LogP) is 2.91. The van der Waals surface area contributed by atoms with E-state index in [4.69, 9.17) is 0 Å². The topological polar surface area (TPSA) is 57.7 Å². The number of amides is 1. The van der Waals surface area contributed by atoms with E-state index in [0.717, 1.165) is 22.9 Å². The molecule has 0 spiro atoms. The molecule has 26 heavy (non-hydrogen) atoms. The van der Waals surface area contributed by atoms with Crippen molar-refractivity contribution >= 4 is 21.6 Å². The average molecular weight is 380 g/mol. The van der Waals surface area contributed by atoms with Gasteiger partial charge in [-0.05, 0) is 36.8 Å². The number of hydrogen-bond acceptors (Lipinski definition) is 3. The zero-order valence-electron chi connectivity index (χ0n) is 14.2. The second-order valence-electron chi connectivity index (χ2n) is 6.14. The highest BCUT2D eigenvalue weighted by Gasteiger charge is 2.24. The SMILES string of the molecule is CN(Cc1ccc(F)cc1F)S(=O)(=O)c1ccc(N2CCCC2=O)cc1. The third kappa shape index (κ3) is 3.61. The lowest BCUT2D eigenvalue weighted by atomic mass is 10.2. The number of sulfonamides is 1. The van der Waals surface area contributed by atoms with Crippen LogP contribution in [0.3, 0.4) is 0 Å². The highest BCUT2D eigenvalue weighted by molar-refractivity contribution is 7.89. The molecular formula is C18H18F2N2O3S. The van der Waals surface area contributed by atoms with Crippen molar-refractivity contribution in [3.63, 3.8) is 0 Å². The van der Waals surface area contributed by atoms with E-state index < -0.39 is 21.7 Å². The Morgan fingerprint density at radius 1 is 1.12 bits per heavy atom. The minimum absolute atomic E-state index is 0.0181. The van der Waals surface area contributed by atoms with Gasteiger partial charge >= 0.3 is 0 Å². The molecule has 1 amide bonds. The Kier molecular flexibility index (Phi) is 5.06. The third-order valence-electron chi connectivity index (χ3n) is 4.34. The van der Waals surface area contributed by atoms with E-state index in [1.165, 1.54) is 25.2 Å². The predicted molar refractivity (Wildman–Crippen MR) is 93.0 cm³/mol. The largest absolute Gasteiger partial charge is 0.312 e. The number of anilines is 1. The average Bonchev–Trinajstić information content (AvgIpc) is 3.03. The van der Waals surface area contributed by atoms with Crippen LogP contribution in [-0.2, 0) is 21.4 Å². The highest BCUT2D eigenvalue weighted by atomic mass is 32.2. The van der Waals surface area contributed by atoms with Crippen LogP contribution >= 0.6 is 0 Å². The van der Waals surface area contributed by atoms with E-state index in [1.807, 2.05) is 0 Å². The lowest BCUT2D eigenvalue weighted by Crippen LogP contribution is -2.27. The Labute approximate surface area is 150 Å². The van der Waals surface area contributed by atoms with Crippen molar-refractivity contribution in [1.29, 1.82) is 0 Å². The van der Waals surface area contributed by atoms with Gasteiger partial charge in [0.05, 0.1) is 4.90 Å². The monoisotopic (exact) mass is 380 g/mol. The standard InChI is InChI=1S/C18H18F2N2O3S/c1-21(12-13-4-5-14(19)11-17(13)20)26(24,25)16-8-6-15(7-9-16)22-10-2-3-18(22)23/h4-9,11H,2-3,10,12H2,1H3. The van der Waals surface area contributed by atoms with Crippen molar-refractivity contribution in [3.8, 4) is 0 Å². The molecule has 0 N–H and O–H groups in total. The lowest BCUT2D eigenvalue weighted by molar-refractivity contribution is -0.117. The van der Waals surface area contributed by atoms with E-state index in [1.54, 1.807) is 17.0 Å². The molecule has 1 heterocycles. The summed E-state index contributed by atoms with van der Waals surface area (Å²) in [6, 6.07) is 9.05. The minimum Gasteiger partial charge on any atom is -0.312 e. The molecule has 2 aromatic carbocycles. The summed E-state index contributed by atoms with van der Waals surface area (Å²) in [5.41, 5.74) is 0.732. The normalized spacial score (nSPS) is 15.1. The summed E-state index contributed by atoms with van der Waals surface area (Å²) >= 11 is 0. The van der Waals surface area contributed by atoms with Gasteiger partial charge in [0, 0.05) is 43.9 Å². The van der Waals surface area contributed by atoms with Crippen LogP contribution in [0.4, 0.5) is 14.5 Å². The first-order valence-electron chi connectivity index (χ1n) is 8.10. The fourth-order valence-electron chi connectivity index (χ4n) is 2.87. The Bertz CT molecular complexity index is 930. The number of hydrogen-bond donors (Lipinski definition) is 0. The van der Waals surface area contributed by atoms with Gasteiger partial charge in [0.25, 0.3) is 0 Å². The molecule has 0 saturated carbocycles. The molecule has 1 aliphatic rings. The number of benzene rings is 2. The van der Waals surface area contributed by atoms with Gasteiger partial charge in [0.2, 0.25) is 15.9 Å². The summed E-state index contributed by atoms with van der Waals surface area (Å²) in [6.45, 7) is 0.398. The molecule has 0 unspecified atom stereocenters. The van der Waals surface area contributed by atoms with Crippen molar-refractivity contribution in [1.82, 2.24) is 4.31 Å². The van der Waals surface area contributed by atoms with Crippen molar-refractivity contribution in [3.05, 3.63) is 59.7 Å². The van der Waals surface area contributed by atoms with Gasteiger partial charge in [-0.3, -0.25) is 4.79 Å². The first kappa shape index (κ1) is 18.5. The van der Waals surface area contributed by atoms with Crippen LogP contribution in [0.1, 0.15) is 18.4 Å². The van der Waals surface area contributed by atoms with Gasteiger partial charge in [-0.25, -0.2) is 17.2 Å². The van der Waals surface area contributed by atoms with Gasteiger partial charge in [0.1, 0.15) is 11.6 Å². The second-order valence-corrected chi connectivity index (χ2v) is 8.18. The zero-order chi connectivity index (χ0) is 18.9. The molecule has 1 aliphatic heterocycles. The molecule has 1 saturated heterocycles. The van der Waals surface area contributed by atoms with Crippen LogP contribution in [-0.4, -0.2) is 32.2 Å². The number of rotatable bonds is 5. The Balaban J connectivity index is 1.79. The van der Waals surface area contributed by atoms with Crippen LogP contribution in [0.5, 0.6) is 0 Å². The molecule has 8 heteroatoms. The van der Waals surface area contributed by atoms with Gasteiger partial charge < -0.3 is 4.90 Å².